The van der Waals surface area contributed by atoms with Crippen LogP contribution in [0.15, 0.2) is 303 Å². The van der Waals surface area contributed by atoms with Gasteiger partial charge in [-0.05, 0) is 143 Å². The molecule has 0 aliphatic carbocycles. The lowest BCUT2D eigenvalue weighted by Crippen LogP contribution is -2.61. The summed E-state index contributed by atoms with van der Waals surface area (Å²) in [6.45, 7) is 23.9. The predicted molar refractivity (Wildman–Crippen MR) is 460 cm³/mol. The standard InChI is InChI=1S/C100H86BN9/c1-97(2,3)71-48-52-84(78(59-71)95-104-91(64-34-20-14-21-35-64)102-92(105-95)65-36-22-15-23-37-65)109-86-56-68(63-32-18-13-19-33-63)46-50-80(86)101-81-51-47-69(70-54-73(99(7,8)9)58-74(55-70)100(10,11)12)57-87(81)110(89-62-75(61-88(109)90(89)101)108-82-44-30-28-42-76(82)77-43-29-31-45-83(77)108)85-53-49-72(98(4,5)6)60-79(85)96-106-93(66-38-24-16-25-39-66)103-94(107-96)67-40-26-17-27-41-67/h13-62H,1-12H3/i13D,16D,17D,18D,19D,24D,25D,26D,27D,28D,29D,30D,31D,32D,33D,38D,39D,40D,41D,42D,43D,44D,45D. The number of hydrogen-bond donors (Lipinski definition) is 0. The van der Waals surface area contributed by atoms with Crippen molar-refractivity contribution in [3.63, 3.8) is 0 Å². The first kappa shape index (κ1) is 47.9. The molecule has 0 N–H and O–H groups in total. The van der Waals surface area contributed by atoms with Crippen LogP contribution in [0.4, 0.5) is 34.1 Å². The minimum absolute atomic E-state index is 0.0146. The maximum Gasteiger partial charge on any atom is 0.252 e. The lowest BCUT2D eigenvalue weighted by Gasteiger charge is -2.45. The Balaban J connectivity index is 1.09. The van der Waals surface area contributed by atoms with Gasteiger partial charge in [0.25, 0.3) is 6.71 Å². The normalized spacial score (nSPS) is 15.8. The van der Waals surface area contributed by atoms with Crippen molar-refractivity contribution in [1.29, 1.82) is 0 Å². The summed E-state index contributed by atoms with van der Waals surface area (Å²) >= 11 is 0. The first-order valence-corrected chi connectivity index (χ1v) is 36.5. The minimum atomic E-state index is -0.997. The monoisotopic (exact) mass is 1450 g/mol. The van der Waals surface area contributed by atoms with Crippen LogP contribution >= 0.6 is 0 Å². The van der Waals surface area contributed by atoms with Crippen LogP contribution in [0.1, 0.15) is 137 Å². The fraction of sp³-hybridized carbons (Fsp3) is 0.160. The Bertz CT molecular complexity index is 7410. The van der Waals surface area contributed by atoms with Gasteiger partial charge in [-0.15, -0.1) is 0 Å². The van der Waals surface area contributed by atoms with Crippen molar-refractivity contribution in [3.05, 3.63) is 325 Å². The highest BCUT2D eigenvalue weighted by molar-refractivity contribution is 7.00. The van der Waals surface area contributed by atoms with E-state index < -0.39 is 190 Å². The first-order valence-electron chi connectivity index (χ1n) is 48.0. The molecule has 0 saturated heterocycles. The molecule has 10 heteroatoms. The van der Waals surface area contributed by atoms with E-state index in [1.807, 2.05) is 152 Å². The van der Waals surface area contributed by atoms with Crippen molar-refractivity contribution in [2.24, 2.45) is 0 Å². The van der Waals surface area contributed by atoms with Gasteiger partial charge in [-0.2, -0.15) is 0 Å². The first-order chi connectivity index (χ1) is 62.6. The summed E-state index contributed by atoms with van der Waals surface area (Å²) in [7, 11) is 0. The summed E-state index contributed by atoms with van der Waals surface area (Å²) in [5, 5.41) is -0.501. The fourth-order valence-electron chi connectivity index (χ4n) is 14.8. The van der Waals surface area contributed by atoms with Crippen LogP contribution in [0.5, 0.6) is 0 Å². The lowest BCUT2D eigenvalue weighted by atomic mass is 9.33. The van der Waals surface area contributed by atoms with Gasteiger partial charge in [-0.1, -0.05) is 325 Å². The Kier molecular flexibility index (Phi) is 11.6. The maximum absolute atomic E-state index is 10.2. The second-order valence-electron chi connectivity index (χ2n) is 31.9. The molecule has 0 spiro atoms. The zero-order valence-electron chi connectivity index (χ0n) is 85.7. The summed E-state index contributed by atoms with van der Waals surface area (Å²) in [6, 6.07) is 35.9. The van der Waals surface area contributed by atoms with Crippen molar-refractivity contribution in [1.82, 2.24) is 34.5 Å². The van der Waals surface area contributed by atoms with Gasteiger partial charge in [-0.25, -0.2) is 29.9 Å². The molecular weight excluding hydrogens is 1340 g/mol. The predicted octanol–water partition coefficient (Wildman–Crippen LogP) is 23.8. The van der Waals surface area contributed by atoms with Gasteiger partial charge >= 0.3 is 0 Å². The Hall–Kier alpha value is -12.7. The minimum Gasteiger partial charge on any atom is -0.311 e. The van der Waals surface area contributed by atoms with Crippen LogP contribution < -0.4 is 26.2 Å². The quantitative estimate of drug-likeness (QED) is 0.118. The van der Waals surface area contributed by atoms with Crippen molar-refractivity contribution in [2.75, 3.05) is 9.80 Å². The van der Waals surface area contributed by atoms with Crippen LogP contribution in [0.3, 0.4) is 0 Å². The average molecular weight is 1450 g/mol. The average Bonchev–Trinajstić information content (AvgIpc) is 1.55. The SMILES string of the molecule is [2H]c1c([2H])c([2H])c(-c2ccc3c(c2)N(c2ccc(C(C)(C)C)cc2-c2nc(-c4ccccc4)nc(-c4ccccc4)n2)c2cc(-n4c5c([2H])c([2H])c([2H])c([2H])c5c5c([2H])c([2H])c([2H])c([2H])c54)cc4c2B3c2ccc(-c3cc(C(C)(C)C)cc(C(C)(C)C)c3)cc2N4c2ccc(C(C)(C)C)cc2-c2nc(-c3c([2H])c([2H])c([2H])c([2H])c3[2H])nc(-c3c([2H])c([2H])c([2H])c([2H])c3[2H])n2)c([2H])c1[2H]. The third kappa shape index (κ3) is 12.4. The second-order valence-corrected chi connectivity index (χ2v) is 31.9. The molecule has 13 aromatic carbocycles. The van der Waals surface area contributed by atoms with E-state index in [0.29, 0.717) is 61.3 Å². The molecule has 0 atom stereocenters. The summed E-state index contributed by atoms with van der Waals surface area (Å²) in [4.78, 5) is 35.1. The molecule has 9 nitrogen and oxygen atoms in total. The van der Waals surface area contributed by atoms with Gasteiger partial charge in [-0.3, -0.25) is 0 Å². The second kappa shape index (κ2) is 26.6. The molecule has 2 aliphatic rings. The van der Waals surface area contributed by atoms with Crippen molar-refractivity contribution in [3.8, 4) is 96.3 Å². The van der Waals surface area contributed by atoms with Gasteiger partial charge in [0.15, 0.2) is 34.9 Å². The van der Waals surface area contributed by atoms with E-state index in [1.54, 1.807) is 24.3 Å². The van der Waals surface area contributed by atoms with E-state index >= 15 is 0 Å². The van der Waals surface area contributed by atoms with Gasteiger partial charge in [0.05, 0.1) is 59.6 Å². The molecule has 18 rings (SSSR count). The van der Waals surface area contributed by atoms with Crippen LogP contribution in [0, 0.1) is 0 Å². The summed E-state index contributed by atoms with van der Waals surface area (Å²) in [6.07, 6.45) is 0. The van der Waals surface area contributed by atoms with Crippen LogP contribution in [-0.4, -0.2) is 41.2 Å². The van der Waals surface area contributed by atoms with Crippen LogP contribution in [0.25, 0.3) is 118 Å². The molecular formula is C100H86BN9. The molecule has 16 aromatic rings. The number of fused-ring (bicyclic) bond motifs is 7. The van der Waals surface area contributed by atoms with Crippen LogP contribution in [-0.2, 0) is 21.7 Å². The van der Waals surface area contributed by atoms with Gasteiger partial charge < -0.3 is 14.4 Å². The van der Waals surface area contributed by atoms with E-state index in [0.717, 1.165) is 22.3 Å². The summed E-state index contributed by atoms with van der Waals surface area (Å²) in [5.74, 6) is -0.687. The van der Waals surface area contributed by atoms with Gasteiger partial charge in [0.2, 0.25) is 0 Å². The molecule has 0 saturated carbocycles. The third-order valence-electron chi connectivity index (χ3n) is 20.6. The topological polar surface area (TPSA) is 88.8 Å². The summed E-state index contributed by atoms with van der Waals surface area (Å²) in [5.41, 5.74) is 6.34. The molecule has 0 unspecified atom stereocenters. The molecule has 0 fully saturated rings. The smallest absolute Gasteiger partial charge is 0.252 e. The molecule has 0 amide bonds. The van der Waals surface area contributed by atoms with Crippen molar-refractivity contribution < 1.29 is 31.5 Å². The molecule has 0 radical (unpaired) electrons. The fourth-order valence-corrected chi connectivity index (χ4v) is 14.8. The number of para-hydroxylation sites is 2. The maximum atomic E-state index is 10.2. The van der Waals surface area contributed by atoms with Gasteiger partial charge in [0.1, 0.15) is 0 Å². The number of rotatable bonds is 11. The summed E-state index contributed by atoms with van der Waals surface area (Å²) < 4.78 is 218. The number of nitrogens with zero attached hydrogens (tertiary/aromatic N) is 9. The Morgan fingerprint density at radius 1 is 0.273 bits per heavy atom. The van der Waals surface area contributed by atoms with E-state index in [-0.39, 0.29) is 84.5 Å². The molecule has 534 valence electrons. The zero-order valence-corrected chi connectivity index (χ0v) is 62.7. The van der Waals surface area contributed by atoms with Crippen molar-refractivity contribution >= 4 is 79.0 Å². The van der Waals surface area contributed by atoms with E-state index in [1.165, 1.54) is 4.57 Å². The number of anilines is 6. The molecule has 3 aromatic heterocycles. The van der Waals surface area contributed by atoms with Gasteiger partial charge in [0, 0.05) is 66.9 Å². The van der Waals surface area contributed by atoms with Crippen molar-refractivity contribution in [2.45, 2.75) is 105 Å². The number of benzene rings is 13. The Morgan fingerprint density at radius 2 is 0.636 bits per heavy atom. The van der Waals surface area contributed by atoms with E-state index in [9.17, 15) is 21.9 Å². The van der Waals surface area contributed by atoms with E-state index in [4.69, 9.17) is 39.5 Å². The third-order valence-corrected chi connectivity index (χ3v) is 20.6. The number of aromatic nitrogens is 7. The Morgan fingerprint density at radius 3 is 1.05 bits per heavy atom. The highest BCUT2D eigenvalue weighted by Gasteiger charge is 2.46. The van der Waals surface area contributed by atoms with Crippen LogP contribution in [0.2, 0.25) is 0 Å². The largest absolute Gasteiger partial charge is 0.311 e. The highest BCUT2D eigenvalue weighted by atomic mass is 15.2. The molecule has 110 heavy (non-hydrogen) atoms. The van der Waals surface area contributed by atoms with E-state index in [2.05, 4.69) is 80.5 Å². The number of hydrogen-bond acceptors (Lipinski definition) is 8. The highest BCUT2D eigenvalue weighted by Crippen LogP contribution is 2.52. The zero-order chi connectivity index (χ0) is 95.6. The lowest BCUT2D eigenvalue weighted by molar-refractivity contribution is 0.569. The molecule has 0 bridgehead atoms. The molecule has 2 aliphatic heterocycles. The Labute approximate surface area is 678 Å². The molecule has 5 heterocycles.